The summed E-state index contributed by atoms with van der Waals surface area (Å²) in [5.41, 5.74) is 0.270. The average molecular weight is 521 g/mol. The molecule has 164 valence electrons. The second-order valence-corrected chi connectivity index (χ2v) is 7.50. The van der Waals surface area contributed by atoms with Gasteiger partial charge in [-0.15, -0.1) is 24.0 Å². The van der Waals surface area contributed by atoms with E-state index in [2.05, 4.69) is 20.7 Å². The molecule has 0 saturated carbocycles. The number of nitrogens with one attached hydrogen (secondary N) is 2. The lowest BCUT2D eigenvalue weighted by Crippen LogP contribution is -2.55. The van der Waals surface area contributed by atoms with Crippen molar-refractivity contribution in [1.29, 1.82) is 0 Å². The Morgan fingerprint density at radius 3 is 2.59 bits per heavy atom. The number of carbonyl (C=O) groups excluding carboxylic acids is 2. The molecule has 0 spiro atoms. The number of halogens is 1. The predicted octanol–water partition coefficient (Wildman–Crippen LogP) is 1.18. The van der Waals surface area contributed by atoms with Crippen molar-refractivity contribution in [2.75, 3.05) is 44.2 Å². The Labute approximate surface area is 189 Å². The molecule has 0 aliphatic carbocycles. The second kappa shape index (κ2) is 11.2. The minimum absolute atomic E-state index is 0. The summed E-state index contributed by atoms with van der Waals surface area (Å²) in [4.78, 5) is 32.4. The van der Waals surface area contributed by atoms with Gasteiger partial charge in [0, 0.05) is 39.4 Å². The van der Waals surface area contributed by atoms with Gasteiger partial charge in [0.15, 0.2) is 5.96 Å². The molecule has 10 nitrogen and oxygen atoms in total. The molecule has 1 aliphatic heterocycles. The molecule has 1 saturated heterocycles. The molecule has 0 radical (unpaired) electrons. The van der Waals surface area contributed by atoms with Crippen molar-refractivity contribution in [3.05, 3.63) is 12.4 Å². The quantitative estimate of drug-likeness (QED) is 0.261. The molecule has 2 amide bonds. The van der Waals surface area contributed by atoms with Crippen LogP contribution in [0, 0.1) is 0 Å². The molecule has 0 atom stereocenters. The minimum atomic E-state index is -0.531. The van der Waals surface area contributed by atoms with E-state index in [1.165, 1.54) is 0 Å². The van der Waals surface area contributed by atoms with E-state index in [4.69, 9.17) is 4.74 Å². The van der Waals surface area contributed by atoms with Crippen LogP contribution in [0.4, 0.5) is 10.5 Å². The Balaban J connectivity index is 0.00000420. The molecular formula is C18H32IN7O3. The third kappa shape index (κ3) is 8.07. The van der Waals surface area contributed by atoms with E-state index in [9.17, 15) is 9.59 Å². The van der Waals surface area contributed by atoms with Gasteiger partial charge in [-0.2, -0.15) is 5.10 Å². The molecule has 2 N–H and O–H groups in total. The fraction of sp³-hybridized carbons (Fsp3) is 0.667. The zero-order valence-corrected chi connectivity index (χ0v) is 20.1. The van der Waals surface area contributed by atoms with Crippen LogP contribution in [0.25, 0.3) is 0 Å². The maximum absolute atomic E-state index is 12.6. The largest absolute Gasteiger partial charge is 0.444 e. The first-order valence-electron chi connectivity index (χ1n) is 9.48. The number of hydrogen-bond donors (Lipinski definition) is 2. The second-order valence-electron chi connectivity index (χ2n) is 7.50. The highest BCUT2D eigenvalue weighted by atomic mass is 127. The van der Waals surface area contributed by atoms with Crippen LogP contribution in [0.3, 0.4) is 0 Å². The number of carbonyl (C=O) groups is 2. The summed E-state index contributed by atoms with van der Waals surface area (Å²) in [6.07, 6.45) is 3.05. The fourth-order valence-corrected chi connectivity index (χ4v) is 2.73. The smallest absolute Gasteiger partial charge is 0.407 e. The Morgan fingerprint density at radius 2 is 2.03 bits per heavy atom. The highest BCUT2D eigenvalue weighted by molar-refractivity contribution is 14.0. The van der Waals surface area contributed by atoms with Crippen molar-refractivity contribution in [2.45, 2.75) is 33.3 Å². The number of ether oxygens (including phenoxy) is 1. The topological polar surface area (TPSA) is 104 Å². The molecule has 1 aromatic heterocycles. The molecule has 1 fully saturated rings. The van der Waals surface area contributed by atoms with Gasteiger partial charge in [-0.1, -0.05) is 0 Å². The number of aromatic nitrogens is 2. The summed E-state index contributed by atoms with van der Waals surface area (Å²) in [5, 5.41) is 10.0. The van der Waals surface area contributed by atoms with Gasteiger partial charge in [-0.3, -0.25) is 14.5 Å². The van der Waals surface area contributed by atoms with Gasteiger partial charge in [0.25, 0.3) is 0 Å². The molecule has 2 rings (SSSR count). The summed E-state index contributed by atoms with van der Waals surface area (Å²) >= 11 is 0. The molecule has 0 unspecified atom stereocenters. The molecular weight excluding hydrogens is 489 g/mol. The maximum atomic E-state index is 12.6. The van der Waals surface area contributed by atoms with Gasteiger partial charge in [0.2, 0.25) is 5.91 Å². The van der Waals surface area contributed by atoms with E-state index >= 15 is 0 Å². The number of hydrogen-bond acceptors (Lipinski definition) is 5. The Bertz CT molecular complexity index is 715. The first-order valence-corrected chi connectivity index (χ1v) is 9.48. The van der Waals surface area contributed by atoms with Crippen molar-refractivity contribution in [3.63, 3.8) is 0 Å². The van der Waals surface area contributed by atoms with E-state index < -0.39 is 11.7 Å². The van der Waals surface area contributed by atoms with E-state index in [1.54, 1.807) is 15.8 Å². The normalized spacial score (nSPS) is 15.1. The zero-order valence-electron chi connectivity index (χ0n) is 17.8. The highest BCUT2D eigenvalue weighted by Gasteiger charge is 2.27. The van der Waals surface area contributed by atoms with Gasteiger partial charge in [0.05, 0.1) is 18.4 Å². The number of piperazine rings is 1. The van der Waals surface area contributed by atoms with Gasteiger partial charge in [0.1, 0.15) is 12.1 Å². The van der Waals surface area contributed by atoms with Crippen molar-refractivity contribution in [2.24, 2.45) is 12.0 Å². The Morgan fingerprint density at radius 1 is 1.31 bits per heavy atom. The standard InChI is InChI=1S/C18H31N7O3.HI/c1-6-19-16(20-7-8-21-17(27)28-18(2,3)4)24-9-10-25(15(26)13-24)14-11-22-23(5)12-14;/h11-12H,6-10,13H2,1-5H3,(H,19,20)(H,21,27);1H. The van der Waals surface area contributed by atoms with Gasteiger partial charge >= 0.3 is 6.09 Å². The van der Waals surface area contributed by atoms with Gasteiger partial charge in [-0.25, -0.2) is 4.79 Å². The number of aryl methyl sites for hydroxylation is 1. The summed E-state index contributed by atoms with van der Waals surface area (Å²) in [7, 11) is 1.82. The number of guanidine groups is 1. The molecule has 0 bridgehead atoms. The van der Waals surface area contributed by atoms with E-state index in [0.717, 1.165) is 5.69 Å². The van der Waals surface area contributed by atoms with Crippen molar-refractivity contribution >= 4 is 47.6 Å². The monoisotopic (exact) mass is 521 g/mol. The first-order chi connectivity index (χ1) is 13.2. The summed E-state index contributed by atoms with van der Waals surface area (Å²) in [6.45, 7) is 10.3. The molecule has 29 heavy (non-hydrogen) atoms. The number of nitrogens with zero attached hydrogens (tertiary/aromatic N) is 5. The van der Waals surface area contributed by atoms with Crippen LogP contribution in [0.2, 0.25) is 0 Å². The number of amides is 2. The van der Waals surface area contributed by atoms with Crippen LogP contribution in [0.1, 0.15) is 27.7 Å². The molecule has 0 aromatic carbocycles. The molecule has 11 heteroatoms. The number of alkyl carbamates (subject to hydrolysis) is 1. The summed E-state index contributed by atoms with van der Waals surface area (Å²) in [5.74, 6) is 0.657. The van der Waals surface area contributed by atoms with E-state index in [1.807, 2.05) is 45.8 Å². The summed E-state index contributed by atoms with van der Waals surface area (Å²) < 4.78 is 6.88. The van der Waals surface area contributed by atoms with Crippen molar-refractivity contribution in [3.8, 4) is 0 Å². The number of rotatable bonds is 5. The Hall–Kier alpha value is -2.05. The third-order valence-corrected chi connectivity index (χ3v) is 3.90. The molecule has 1 aromatic rings. The average Bonchev–Trinajstić information content (AvgIpc) is 3.02. The fourth-order valence-electron chi connectivity index (χ4n) is 2.73. The number of anilines is 1. The SMILES string of the molecule is CCNC(=NCCNC(=O)OC(C)(C)C)N1CCN(c2cnn(C)c2)C(=O)C1.I. The van der Waals surface area contributed by atoms with Gasteiger partial charge < -0.3 is 25.2 Å². The predicted molar refractivity (Wildman–Crippen MR) is 123 cm³/mol. The van der Waals surface area contributed by atoms with Crippen LogP contribution in [-0.4, -0.2) is 77.5 Å². The molecule has 2 heterocycles. The first kappa shape index (κ1) is 25.0. The van der Waals surface area contributed by atoms with E-state index in [0.29, 0.717) is 38.7 Å². The van der Waals surface area contributed by atoms with Crippen molar-refractivity contribution in [1.82, 2.24) is 25.3 Å². The lowest BCUT2D eigenvalue weighted by Gasteiger charge is -2.35. The van der Waals surface area contributed by atoms with E-state index in [-0.39, 0.29) is 36.4 Å². The number of aliphatic imine (C=N–C) groups is 1. The third-order valence-electron chi connectivity index (χ3n) is 3.90. The van der Waals surface area contributed by atoms with Crippen LogP contribution in [0.5, 0.6) is 0 Å². The summed E-state index contributed by atoms with van der Waals surface area (Å²) in [6, 6.07) is 0. The lowest BCUT2D eigenvalue weighted by atomic mass is 10.2. The minimum Gasteiger partial charge on any atom is -0.444 e. The van der Waals surface area contributed by atoms with Crippen LogP contribution in [-0.2, 0) is 16.6 Å². The van der Waals surface area contributed by atoms with Crippen molar-refractivity contribution < 1.29 is 14.3 Å². The lowest BCUT2D eigenvalue weighted by molar-refractivity contribution is -0.120. The maximum Gasteiger partial charge on any atom is 0.407 e. The van der Waals surface area contributed by atoms with Crippen LogP contribution >= 0.6 is 24.0 Å². The zero-order chi connectivity index (χ0) is 20.7. The van der Waals surface area contributed by atoms with Crippen LogP contribution < -0.4 is 15.5 Å². The molecule has 1 aliphatic rings. The Kier molecular flexibility index (Phi) is 9.66. The highest BCUT2D eigenvalue weighted by Crippen LogP contribution is 2.16. The van der Waals surface area contributed by atoms with Crippen LogP contribution in [0.15, 0.2) is 17.4 Å². The van der Waals surface area contributed by atoms with Gasteiger partial charge in [-0.05, 0) is 27.7 Å².